The standard InChI is InChI=1S/C6H12ClNO3S/c7-12(9,10)8-5-6-3-1-2-4-11-6/h6,8H,1-5H2. The lowest BCUT2D eigenvalue weighted by Gasteiger charge is -2.21. The maximum Gasteiger partial charge on any atom is 0.297 e. The molecule has 0 radical (unpaired) electrons. The van der Waals surface area contributed by atoms with Gasteiger partial charge in [0.25, 0.3) is 9.24 Å². The third-order valence-corrected chi connectivity index (χ3v) is 2.60. The Bertz CT molecular complexity index is 223. The molecule has 4 nitrogen and oxygen atoms in total. The third-order valence-electron chi connectivity index (χ3n) is 1.76. The molecular formula is C6H12ClNO3S. The van der Waals surface area contributed by atoms with Crippen LogP contribution in [0.5, 0.6) is 0 Å². The SMILES string of the molecule is O=S(=O)(Cl)NCC1CCCCO1. The molecule has 1 heterocycles. The van der Waals surface area contributed by atoms with Crippen LogP contribution in [0.1, 0.15) is 19.3 Å². The zero-order chi connectivity index (χ0) is 9.03. The first-order valence-corrected chi connectivity index (χ1v) is 6.20. The van der Waals surface area contributed by atoms with Gasteiger partial charge in [-0.2, -0.15) is 13.1 Å². The highest BCUT2D eigenvalue weighted by molar-refractivity contribution is 8.12. The van der Waals surface area contributed by atoms with E-state index >= 15 is 0 Å². The second-order valence-electron chi connectivity index (χ2n) is 2.77. The van der Waals surface area contributed by atoms with Crippen LogP contribution in [0.25, 0.3) is 0 Å². The molecule has 0 saturated carbocycles. The van der Waals surface area contributed by atoms with E-state index in [2.05, 4.69) is 4.72 Å². The number of ether oxygens (including phenoxy) is 1. The van der Waals surface area contributed by atoms with Gasteiger partial charge in [0.15, 0.2) is 0 Å². The van der Waals surface area contributed by atoms with Crippen molar-refractivity contribution < 1.29 is 13.2 Å². The molecule has 0 aromatic rings. The molecule has 0 amide bonds. The summed E-state index contributed by atoms with van der Waals surface area (Å²) in [6.45, 7) is 1.00. The van der Waals surface area contributed by atoms with Crippen LogP contribution in [0.15, 0.2) is 0 Å². The monoisotopic (exact) mass is 213 g/mol. The van der Waals surface area contributed by atoms with Crippen LogP contribution >= 0.6 is 10.7 Å². The predicted molar refractivity (Wildman–Crippen MR) is 46.4 cm³/mol. The van der Waals surface area contributed by atoms with Gasteiger partial charge in [-0.25, -0.2) is 0 Å². The van der Waals surface area contributed by atoms with Gasteiger partial charge in [-0.3, -0.25) is 0 Å². The lowest BCUT2D eigenvalue weighted by atomic mass is 10.1. The summed E-state index contributed by atoms with van der Waals surface area (Å²) in [6.07, 6.45) is 3.05. The molecule has 0 spiro atoms. The lowest BCUT2D eigenvalue weighted by molar-refractivity contribution is 0.0201. The van der Waals surface area contributed by atoms with Gasteiger partial charge < -0.3 is 4.74 Å². The highest BCUT2D eigenvalue weighted by atomic mass is 35.7. The molecule has 1 unspecified atom stereocenters. The molecule has 0 bridgehead atoms. The first-order chi connectivity index (χ1) is 5.58. The fraction of sp³-hybridized carbons (Fsp3) is 1.00. The summed E-state index contributed by atoms with van der Waals surface area (Å²) in [6, 6.07) is 0. The van der Waals surface area contributed by atoms with Crippen molar-refractivity contribution in [2.75, 3.05) is 13.2 Å². The Morgan fingerprint density at radius 3 is 2.75 bits per heavy atom. The minimum atomic E-state index is -3.58. The highest BCUT2D eigenvalue weighted by Gasteiger charge is 2.15. The second kappa shape index (κ2) is 4.41. The number of rotatable bonds is 3. The van der Waals surface area contributed by atoms with Gasteiger partial charge in [0.1, 0.15) is 0 Å². The van der Waals surface area contributed by atoms with Crippen molar-refractivity contribution in [3.63, 3.8) is 0 Å². The Balaban J connectivity index is 2.22. The van der Waals surface area contributed by atoms with Crippen molar-refractivity contribution in [3.05, 3.63) is 0 Å². The summed E-state index contributed by atoms with van der Waals surface area (Å²) in [5.41, 5.74) is 0. The van der Waals surface area contributed by atoms with Gasteiger partial charge >= 0.3 is 0 Å². The summed E-state index contributed by atoms with van der Waals surface area (Å²) in [4.78, 5) is 0. The van der Waals surface area contributed by atoms with Gasteiger partial charge in [-0.15, -0.1) is 0 Å². The van der Waals surface area contributed by atoms with E-state index in [1.54, 1.807) is 0 Å². The van der Waals surface area contributed by atoms with Gasteiger partial charge in [0.2, 0.25) is 0 Å². The first-order valence-electron chi connectivity index (χ1n) is 3.89. The average molecular weight is 214 g/mol. The van der Waals surface area contributed by atoms with Crippen LogP contribution in [0.2, 0.25) is 0 Å². The molecule has 1 saturated heterocycles. The zero-order valence-corrected chi connectivity index (χ0v) is 8.20. The molecule has 12 heavy (non-hydrogen) atoms. The lowest BCUT2D eigenvalue weighted by Crippen LogP contribution is -2.33. The van der Waals surface area contributed by atoms with Crippen molar-refractivity contribution in [3.8, 4) is 0 Å². The summed E-state index contributed by atoms with van der Waals surface area (Å²) in [5.74, 6) is 0. The minimum absolute atomic E-state index is 0.00715. The summed E-state index contributed by atoms with van der Waals surface area (Å²) < 4.78 is 28.4. The fourth-order valence-corrected chi connectivity index (χ4v) is 1.73. The first kappa shape index (κ1) is 10.2. The number of nitrogens with one attached hydrogen (secondary N) is 1. The Hall–Kier alpha value is 0.160. The molecular weight excluding hydrogens is 202 g/mol. The molecule has 0 aliphatic carbocycles. The van der Waals surface area contributed by atoms with Gasteiger partial charge in [-0.1, -0.05) is 0 Å². The van der Waals surface area contributed by atoms with Crippen LogP contribution < -0.4 is 4.72 Å². The van der Waals surface area contributed by atoms with E-state index < -0.39 is 9.24 Å². The van der Waals surface area contributed by atoms with Crippen molar-refractivity contribution in [1.82, 2.24) is 4.72 Å². The Kier molecular flexibility index (Phi) is 3.77. The van der Waals surface area contributed by atoms with Gasteiger partial charge in [-0.05, 0) is 19.3 Å². The molecule has 1 atom stereocenters. The molecule has 1 aliphatic heterocycles. The van der Waals surface area contributed by atoms with Crippen molar-refractivity contribution in [2.24, 2.45) is 0 Å². The van der Waals surface area contributed by atoms with Crippen LogP contribution in [0.3, 0.4) is 0 Å². The summed E-state index contributed by atoms with van der Waals surface area (Å²) >= 11 is 0. The fourth-order valence-electron chi connectivity index (χ4n) is 1.16. The van der Waals surface area contributed by atoms with Crippen molar-refractivity contribution in [2.45, 2.75) is 25.4 Å². The quantitative estimate of drug-likeness (QED) is 0.700. The third kappa shape index (κ3) is 4.25. The molecule has 1 rings (SSSR count). The normalized spacial score (nSPS) is 25.6. The summed E-state index contributed by atoms with van der Waals surface area (Å²) in [7, 11) is 1.38. The maximum absolute atomic E-state index is 10.5. The molecule has 0 aromatic carbocycles. The van der Waals surface area contributed by atoms with E-state index in [0.29, 0.717) is 6.61 Å². The minimum Gasteiger partial charge on any atom is -0.377 e. The molecule has 0 aromatic heterocycles. The van der Waals surface area contributed by atoms with Crippen LogP contribution in [-0.2, 0) is 14.0 Å². The predicted octanol–water partition coefficient (Wildman–Crippen LogP) is 0.629. The highest BCUT2D eigenvalue weighted by Crippen LogP contribution is 2.11. The van der Waals surface area contributed by atoms with E-state index in [9.17, 15) is 8.42 Å². The van der Waals surface area contributed by atoms with Gasteiger partial charge in [0.05, 0.1) is 6.10 Å². The van der Waals surface area contributed by atoms with Crippen molar-refractivity contribution >= 4 is 19.9 Å². The van der Waals surface area contributed by atoms with E-state index in [1.807, 2.05) is 0 Å². The van der Waals surface area contributed by atoms with Crippen LogP contribution in [0, 0.1) is 0 Å². The maximum atomic E-state index is 10.5. The largest absolute Gasteiger partial charge is 0.377 e. The van der Waals surface area contributed by atoms with E-state index in [4.69, 9.17) is 15.4 Å². The number of hydrogen-bond donors (Lipinski definition) is 1. The summed E-state index contributed by atoms with van der Waals surface area (Å²) in [5, 5.41) is 0. The number of halogens is 1. The molecule has 1 aliphatic rings. The van der Waals surface area contributed by atoms with Crippen LogP contribution in [-0.4, -0.2) is 27.7 Å². The smallest absolute Gasteiger partial charge is 0.297 e. The molecule has 6 heteroatoms. The Morgan fingerprint density at radius 2 is 2.25 bits per heavy atom. The zero-order valence-electron chi connectivity index (χ0n) is 6.62. The Morgan fingerprint density at radius 1 is 1.50 bits per heavy atom. The van der Waals surface area contributed by atoms with Crippen LogP contribution in [0.4, 0.5) is 0 Å². The van der Waals surface area contributed by atoms with E-state index in [-0.39, 0.29) is 12.6 Å². The molecule has 72 valence electrons. The topological polar surface area (TPSA) is 55.4 Å². The van der Waals surface area contributed by atoms with E-state index in [0.717, 1.165) is 19.3 Å². The molecule has 1 N–H and O–H groups in total. The second-order valence-corrected chi connectivity index (χ2v) is 5.16. The van der Waals surface area contributed by atoms with Gasteiger partial charge in [0, 0.05) is 23.8 Å². The molecule has 1 fully saturated rings. The Labute approximate surface area is 76.8 Å². The number of hydrogen-bond acceptors (Lipinski definition) is 3. The van der Waals surface area contributed by atoms with Crippen molar-refractivity contribution in [1.29, 1.82) is 0 Å². The van der Waals surface area contributed by atoms with E-state index in [1.165, 1.54) is 0 Å². The average Bonchev–Trinajstić information content (AvgIpc) is 2.02.